The van der Waals surface area contributed by atoms with Gasteiger partial charge in [0.2, 0.25) is 0 Å². The van der Waals surface area contributed by atoms with Crippen molar-refractivity contribution in [3.63, 3.8) is 0 Å². The van der Waals surface area contributed by atoms with Crippen LogP contribution < -0.4 is 0 Å². The number of rotatable bonds is 4. The number of hydrogen-bond donors (Lipinski definition) is 1. The summed E-state index contributed by atoms with van der Waals surface area (Å²) in [7, 11) is 0. The molecule has 1 N–H and O–H groups in total. The molecule has 0 amide bonds. The number of ketones is 2. The summed E-state index contributed by atoms with van der Waals surface area (Å²) in [5.41, 5.74) is 0. The molecule has 0 saturated heterocycles. The molecular weight excluding hydrogens is 160 g/mol. The van der Waals surface area contributed by atoms with Gasteiger partial charge < -0.3 is 5.11 Å². The highest BCUT2D eigenvalue weighted by molar-refractivity contribution is 6.02. The summed E-state index contributed by atoms with van der Waals surface area (Å²) in [6.07, 6.45) is 1.89. The van der Waals surface area contributed by atoms with Gasteiger partial charge in [-0.3, -0.25) is 9.59 Å². The van der Waals surface area contributed by atoms with Crippen molar-refractivity contribution in [3.05, 3.63) is 12.2 Å². The zero-order valence-corrected chi connectivity index (χ0v) is 6.90. The van der Waals surface area contributed by atoms with E-state index in [9.17, 15) is 14.4 Å². The molecule has 0 heterocycles. The summed E-state index contributed by atoms with van der Waals surface area (Å²) in [6, 6.07) is 0. The highest BCUT2D eigenvalue weighted by Crippen LogP contribution is 2.01. The fourth-order valence-corrected chi connectivity index (χ4v) is 0.736. The van der Waals surface area contributed by atoms with E-state index in [1.54, 1.807) is 0 Å². The third kappa shape index (κ3) is 3.65. The van der Waals surface area contributed by atoms with E-state index in [1.165, 1.54) is 13.8 Å². The first-order valence-electron chi connectivity index (χ1n) is 3.37. The second-order valence-corrected chi connectivity index (χ2v) is 2.40. The first-order valence-corrected chi connectivity index (χ1v) is 3.37. The maximum atomic E-state index is 10.7. The fourth-order valence-electron chi connectivity index (χ4n) is 0.736. The Morgan fingerprint density at radius 1 is 1.17 bits per heavy atom. The van der Waals surface area contributed by atoms with Crippen LogP contribution in [-0.4, -0.2) is 22.6 Å². The van der Waals surface area contributed by atoms with Crippen LogP contribution >= 0.6 is 0 Å². The van der Waals surface area contributed by atoms with Crippen molar-refractivity contribution in [1.29, 1.82) is 0 Å². The van der Waals surface area contributed by atoms with E-state index in [2.05, 4.69) is 0 Å². The van der Waals surface area contributed by atoms with Gasteiger partial charge in [0.25, 0.3) is 0 Å². The Balaban J connectivity index is 4.44. The number of carbonyl (C=O) groups excluding carboxylic acids is 2. The van der Waals surface area contributed by atoms with Crippen molar-refractivity contribution >= 4 is 17.5 Å². The summed E-state index contributed by atoms with van der Waals surface area (Å²) < 4.78 is 0. The number of carboxylic acid groups (broad SMARTS) is 1. The Morgan fingerprint density at radius 2 is 1.58 bits per heavy atom. The summed E-state index contributed by atoms with van der Waals surface area (Å²) in [5, 5.41) is 8.22. The molecule has 0 rings (SSSR count). The van der Waals surface area contributed by atoms with Crippen LogP contribution in [0.5, 0.6) is 0 Å². The average molecular weight is 170 g/mol. The Kier molecular flexibility index (Phi) is 3.90. The molecule has 4 nitrogen and oxygen atoms in total. The second kappa shape index (κ2) is 4.43. The molecule has 4 heteroatoms. The minimum Gasteiger partial charge on any atom is -0.478 e. The smallest absolute Gasteiger partial charge is 0.328 e. The number of hydrogen-bond acceptors (Lipinski definition) is 3. The molecule has 0 unspecified atom stereocenters. The van der Waals surface area contributed by atoms with Gasteiger partial charge in [-0.15, -0.1) is 0 Å². The molecule has 0 aliphatic rings. The van der Waals surface area contributed by atoms with E-state index in [1.807, 2.05) is 0 Å². The number of Topliss-reactive ketones (excluding diaryl/α,β-unsaturated/α-hetero) is 2. The molecule has 0 bridgehead atoms. The topological polar surface area (TPSA) is 71.4 Å². The van der Waals surface area contributed by atoms with E-state index >= 15 is 0 Å². The molecule has 0 aliphatic heterocycles. The first kappa shape index (κ1) is 10.6. The van der Waals surface area contributed by atoms with Gasteiger partial charge in [-0.25, -0.2) is 4.79 Å². The lowest BCUT2D eigenvalue weighted by molar-refractivity contribution is -0.131. The Hall–Kier alpha value is -1.45. The highest BCUT2D eigenvalue weighted by Gasteiger charge is 2.15. The first-order chi connectivity index (χ1) is 5.45. The zero-order valence-electron chi connectivity index (χ0n) is 6.90. The van der Waals surface area contributed by atoms with Crippen LogP contribution in [0.2, 0.25) is 0 Å². The van der Waals surface area contributed by atoms with Gasteiger partial charge in [0.1, 0.15) is 11.6 Å². The molecule has 66 valence electrons. The number of carbonyl (C=O) groups is 3. The Morgan fingerprint density at radius 3 is 1.83 bits per heavy atom. The van der Waals surface area contributed by atoms with E-state index in [0.29, 0.717) is 0 Å². The molecule has 12 heavy (non-hydrogen) atoms. The summed E-state index contributed by atoms with van der Waals surface area (Å²) in [5.74, 6) is -2.77. The van der Waals surface area contributed by atoms with E-state index in [-0.39, 0.29) is 11.6 Å². The molecular formula is C8H10O4. The summed E-state index contributed by atoms with van der Waals surface area (Å²) in [4.78, 5) is 31.5. The molecule has 0 saturated carbocycles. The summed E-state index contributed by atoms with van der Waals surface area (Å²) >= 11 is 0. The maximum Gasteiger partial charge on any atom is 0.328 e. The molecule has 0 aliphatic carbocycles. The third-order valence-electron chi connectivity index (χ3n) is 1.31. The molecule has 0 spiro atoms. The molecule has 0 aromatic heterocycles. The Labute approximate surface area is 69.9 Å². The number of carboxylic acids is 1. The molecule has 0 aromatic rings. The predicted octanol–water partition coefficient (Wildman–Crippen LogP) is 0.421. The SMILES string of the molecule is CC(=O)C(/C=C/C(=O)O)C(C)=O. The van der Waals surface area contributed by atoms with Gasteiger partial charge in [0.05, 0.1) is 5.92 Å². The minimum absolute atomic E-state index is 0.347. The van der Waals surface area contributed by atoms with Crippen LogP contribution in [0.1, 0.15) is 13.8 Å². The van der Waals surface area contributed by atoms with Crippen molar-refractivity contribution in [2.45, 2.75) is 13.8 Å². The van der Waals surface area contributed by atoms with E-state index in [4.69, 9.17) is 5.11 Å². The molecule has 0 aromatic carbocycles. The normalized spacial score (nSPS) is 10.6. The number of aliphatic carboxylic acids is 1. The quantitative estimate of drug-likeness (QED) is 0.490. The zero-order chi connectivity index (χ0) is 9.72. The lowest BCUT2D eigenvalue weighted by Crippen LogP contribution is -2.16. The van der Waals surface area contributed by atoms with Gasteiger partial charge in [-0.2, -0.15) is 0 Å². The van der Waals surface area contributed by atoms with Gasteiger partial charge in [-0.1, -0.05) is 6.08 Å². The van der Waals surface area contributed by atoms with Gasteiger partial charge in [-0.05, 0) is 13.8 Å². The van der Waals surface area contributed by atoms with E-state index < -0.39 is 11.9 Å². The van der Waals surface area contributed by atoms with Crippen molar-refractivity contribution in [2.24, 2.45) is 5.92 Å². The Bertz CT molecular complexity index is 225. The van der Waals surface area contributed by atoms with Crippen molar-refractivity contribution in [1.82, 2.24) is 0 Å². The predicted molar refractivity (Wildman–Crippen MR) is 41.6 cm³/mol. The van der Waals surface area contributed by atoms with Crippen LogP contribution in [0.25, 0.3) is 0 Å². The molecule has 0 fully saturated rings. The molecule has 0 radical (unpaired) electrons. The number of allylic oxidation sites excluding steroid dienone is 1. The lowest BCUT2D eigenvalue weighted by atomic mass is 10.0. The highest BCUT2D eigenvalue weighted by atomic mass is 16.4. The van der Waals surface area contributed by atoms with Crippen LogP contribution in [-0.2, 0) is 14.4 Å². The van der Waals surface area contributed by atoms with Crippen molar-refractivity contribution in [3.8, 4) is 0 Å². The maximum absolute atomic E-state index is 10.7. The summed E-state index contributed by atoms with van der Waals surface area (Å²) in [6.45, 7) is 2.50. The van der Waals surface area contributed by atoms with Crippen molar-refractivity contribution < 1.29 is 19.5 Å². The largest absolute Gasteiger partial charge is 0.478 e. The van der Waals surface area contributed by atoms with Gasteiger partial charge >= 0.3 is 5.97 Å². The lowest BCUT2D eigenvalue weighted by Gasteiger charge is -2.01. The van der Waals surface area contributed by atoms with Crippen molar-refractivity contribution in [2.75, 3.05) is 0 Å². The second-order valence-electron chi connectivity index (χ2n) is 2.40. The standard InChI is InChI=1S/C8H10O4/c1-5(9)7(6(2)10)3-4-8(11)12/h3-4,7H,1-2H3,(H,11,12)/b4-3+. The van der Waals surface area contributed by atoms with E-state index in [0.717, 1.165) is 12.2 Å². The average Bonchev–Trinajstić information content (AvgIpc) is 1.84. The van der Waals surface area contributed by atoms with Crippen LogP contribution in [0.3, 0.4) is 0 Å². The van der Waals surface area contributed by atoms with Crippen LogP contribution in [0, 0.1) is 5.92 Å². The minimum atomic E-state index is -1.16. The van der Waals surface area contributed by atoms with Gasteiger partial charge in [0, 0.05) is 6.08 Å². The third-order valence-corrected chi connectivity index (χ3v) is 1.31. The van der Waals surface area contributed by atoms with Crippen LogP contribution in [0.4, 0.5) is 0 Å². The fraction of sp³-hybridized carbons (Fsp3) is 0.375. The monoisotopic (exact) mass is 170 g/mol. The molecule has 0 atom stereocenters. The van der Waals surface area contributed by atoms with Gasteiger partial charge in [0.15, 0.2) is 0 Å². The van der Waals surface area contributed by atoms with Crippen LogP contribution in [0.15, 0.2) is 12.2 Å².